The fraction of sp³-hybridized carbons (Fsp3) is 0.571. The molecule has 1 aromatic rings. The van der Waals surface area contributed by atoms with E-state index in [2.05, 4.69) is 4.90 Å². The highest BCUT2D eigenvalue weighted by molar-refractivity contribution is 7.91. The number of rotatable bonds is 4. The first kappa shape index (κ1) is 15.4. The highest BCUT2D eigenvalue weighted by Crippen LogP contribution is 2.11. The van der Waals surface area contributed by atoms with Gasteiger partial charge in [-0.05, 0) is 19.2 Å². The van der Waals surface area contributed by atoms with Gasteiger partial charge in [-0.3, -0.25) is 4.90 Å². The molecule has 1 heterocycles. The van der Waals surface area contributed by atoms with Crippen LogP contribution in [-0.4, -0.2) is 75.0 Å². The molecule has 1 atom stereocenters. The molecule has 0 bridgehead atoms. The summed E-state index contributed by atoms with van der Waals surface area (Å²) in [5.41, 5.74) is 0. The predicted octanol–water partition coefficient (Wildman–Crippen LogP) is 0.0686. The summed E-state index contributed by atoms with van der Waals surface area (Å²) < 4.78 is 24.4. The van der Waals surface area contributed by atoms with E-state index in [9.17, 15) is 13.5 Å². The topological polar surface area (TPSA) is 60.9 Å². The lowest BCUT2D eigenvalue weighted by Crippen LogP contribution is -2.36. The summed E-state index contributed by atoms with van der Waals surface area (Å²) in [6, 6.07) is 8.52. The minimum atomic E-state index is -3.24. The van der Waals surface area contributed by atoms with Crippen LogP contribution in [0.5, 0.6) is 0 Å². The van der Waals surface area contributed by atoms with Gasteiger partial charge in [0.05, 0.1) is 16.8 Å². The molecule has 0 saturated carbocycles. The smallest absolute Gasteiger partial charge is 0.179 e. The molecule has 1 aromatic carbocycles. The Kier molecular flexibility index (Phi) is 5.15. The van der Waals surface area contributed by atoms with E-state index in [0.717, 1.165) is 13.1 Å². The summed E-state index contributed by atoms with van der Waals surface area (Å²) in [4.78, 5) is 4.46. The number of benzene rings is 1. The third kappa shape index (κ3) is 4.28. The highest BCUT2D eigenvalue weighted by Gasteiger charge is 2.21. The van der Waals surface area contributed by atoms with Gasteiger partial charge in [-0.15, -0.1) is 0 Å². The number of aliphatic hydroxyl groups is 1. The Labute approximate surface area is 120 Å². The number of nitrogens with zero attached hydrogens (tertiary/aromatic N) is 2. The van der Waals surface area contributed by atoms with Gasteiger partial charge in [0.1, 0.15) is 0 Å². The van der Waals surface area contributed by atoms with E-state index in [-0.39, 0.29) is 5.75 Å². The second kappa shape index (κ2) is 6.67. The highest BCUT2D eigenvalue weighted by atomic mass is 32.2. The molecule has 0 spiro atoms. The van der Waals surface area contributed by atoms with Crippen LogP contribution in [0.15, 0.2) is 35.2 Å². The first-order chi connectivity index (χ1) is 9.47. The van der Waals surface area contributed by atoms with Crippen molar-refractivity contribution in [2.45, 2.75) is 11.0 Å². The molecular weight excluding hydrogens is 276 g/mol. The summed E-state index contributed by atoms with van der Waals surface area (Å²) in [5, 5.41) is 9.84. The van der Waals surface area contributed by atoms with Gasteiger partial charge in [-0.25, -0.2) is 8.42 Å². The maximum atomic E-state index is 12.2. The van der Waals surface area contributed by atoms with Crippen LogP contribution in [0.1, 0.15) is 0 Å². The molecule has 1 aliphatic rings. The molecule has 2 rings (SSSR count). The van der Waals surface area contributed by atoms with Gasteiger partial charge in [0.15, 0.2) is 9.84 Å². The fourth-order valence-electron chi connectivity index (χ4n) is 2.41. The monoisotopic (exact) mass is 298 g/mol. The lowest BCUT2D eigenvalue weighted by atomic mass is 10.3. The van der Waals surface area contributed by atoms with Crippen molar-refractivity contribution in [3.05, 3.63) is 30.3 Å². The van der Waals surface area contributed by atoms with Crippen molar-refractivity contribution < 1.29 is 13.5 Å². The SMILES string of the molecule is CN1CCN(CCS(=O)(=O)c2ccccc2)C[C@@H](O)C1. The summed E-state index contributed by atoms with van der Waals surface area (Å²) in [6.45, 7) is 3.28. The van der Waals surface area contributed by atoms with Gasteiger partial charge in [0.25, 0.3) is 0 Å². The van der Waals surface area contributed by atoms with Crippen molar-refractivity contribution >= 4 is 9.84 Å². The van der Waals surface area contributed by atoms with Crippen molar-refractivity contribution in [1.29, 1.82) is 0 Å². The average molecular weight is 298 g/mol. The Morgan fingerprint density at radius 2 is 1.90 bits per heavy atom. The predicted molar refractivity (Wildman–Crippen MR) is 78.4 cm³/mol. The summed E-state index contributed by atoms with van der Waals surface area (Å²) in [5.74, 6) is 0.0907. The zero-order valence-electron chi connectivity index (χ0n) is 11.8. The van der Waals surface area contributed by atoms with Crippen molar-refractivity contribution in [3.8, 4) is 0 Å². The number of likely N-dealkylation sites (N-methyl/N-ethyl adjacent to an activating group) is 1. The van der Waals surface area contributed by atoms with Crippen molar-refractivity contribution in [1.82, 2.24) is 9.80 Å². The van der Waals surface area contributed by atoms with Crippen molar-refractivity contribution in [2.24, 2.45) is 0 Å². The number of hydrogen-bond acceptors (Lipinski definition) is 5. The molecular formula is C14H22N2O3S. The molecule has 0 amide bonds. The Hall–Kier alpha value is -0.950. The second-order valence-corrected chi connectivity index (χ2v) is 7.46. The number of sulfone groups is 1. The zero-order valence-corrected chi connectivity index (χ0v) is 12.6. The number of hydrogen-bond donors (Lipinski definition) is 1. The Bertz CT molecular complexity index is 518. The first-order valence-electron chi connectivity index (χ1n) is 6.84. The number of aliphatic hydroxyl groups excluding tert-OH is 1. The van der Waals surface area contributed by atoms with Gasteiger partial charge in [-0.1, -0.05) is 18.2 Å². The third-order valence-corrected chi connectivity index (χ3v) is 5.28. The van der Waals surface area contributed by atoms with E-state index in [1.165, 1.54) is 0 Å². The van der Waals surface area contributed by atoms with Crippen molar-refractivity contribution in [2.75, 3.05) is 45.5 Å². The van der Waals surface area contributed by atoms with E-state index in [0.29, 0.717) is 24.5 Å². The maximum absolute atomic E-state index is 12.2. The molecule has 1 fully saturated rings. The molecule has 112 valence electrons. The van der Waals surface area contributed by atoms with E-state index >= 15 is 0 Å². The Balaban J connectivity index is 1.94. The van der Waals surface area contributed by atoms with Crippen LogP contribution in [0.2, 0.25) is 0 Å². The summed E-state index contributed by atoms with van der Waals surface area (Å²) in [7, 11) is -1.27. The maximum Gasteiger partial charge on any atom is 0.179 e. The zero-order chi connectivity index (χ0) is 14.6. The molecule has 6 heteroatoms. The number of β-amino-alcohol motifs (C(OH)–C–C–N with tert-alkyl or cyclic N) is 1. The lowest BCUT2D eigenvalue weighted by Gasteiger charge is -2.21. The van der Waals surface area contributed by atoms with Gasteiger partial charge in [-0.2, -0.15) is 0 Å². The molecule has 0 aromatic heterocycles. The molecule has 1 saturated heterocycles. The van der Waals surface area contributed by atoms with Crippen LogP contribution in [-0.2, 0) is 9.84 Å². The largest absolute Gasteiger partial charge is 0.390 e. The molecule has 0 unspecified atom stereocenters. The lowest BCUT2D eigenvalue weighted by molar-refractivity contribution is 0.117. The van der Waals surface area contributed by atoms with Crippen LogP contribution in [0.25, 0.3) is 0 Å². The first-order valence-corrected chi connectivity index (χ1v) is 8.49. The molecule has 1 aliphatic heterocycles. The fourth-order valence-corrected chi connectivity index (χ4v) is 3.71. The Morgan fingerprint density at radius 1 is 1.20 bits per heavy atom. The van der Waals surface area contributed by atoms with E-state index in [4.69, 9.17) is 0 Å². The minimum absolute atomic E-state index is 0.0907. The molecule has 5 nitrogen and oxygen atoms in total. The van der Waals surface area contributed by atoms with E-state index in [1.807, 2.05) is 11.9 Å². The van der Waals surface area contributed by atoms with E-state index in [1.54, 1.807) is 30.3 Å². The second-order valence-electron chi connectivity index (χ2n) is 5.35. The van der Waals surface area contributed by atoms with Crippen LogP contribution in [0.3, 0.4) is 0 Å². The van der Waals surface area contributed by atoms with Crippen molar-refractivity contribution in [3.63, 3.8) is 0 Å². The third-order valence-electron chi connectivity index (χ3n) is 3.57. The average Bonchev–Trinajstić information content (AvgIpc) is 2.58. The van der Waals surface area contributed by atoms with Gasteiger partial charge < -0.3 is 10.0 Å². The molecule has 0 aliphatic carbocycles. The minimum Gasteiger partial charge on any atom is -0.390 e. The molecule has 0 radical (unpaired) electrons. The normalized spacial score (nSPS) is 22.6. The van der Waals surface area contributed by atoms with Crippen LogP contribution in [0.4, 0.5) is 0 Å². The Morgan fingerprint density at radius 3 is 2.60 bits per heavy atom. The van der Waals surface area contributed by atoms with E-state index < -0.39 is 15.9 Å². The summed E-state index contributed by atoms with van der Waals surface area (Å²) in [6.07, 6.45) is -0.415. The van der Waals surface area contributed by atoms with Gasteiger partial charge in [0, 0.05) is 32.7 Å². The molecule has 1 N–H and O–H groups in total. The van der Waals surface area contributed by atoms with Crippen LogP contribution in [0, 0.1) is 0 Å². The van der Waals surface area contributed by atoms with Crippen LogP contribution < -0.4 is 0 Å². The standard InChI is InChI=1S/C14H22N2O3S/c1-15-7-8-16(12-13(17)11-15)9-10-20(18,19)14-5-3-2-4-6-14/h2-6,13,17H,7-12H2,1H3/t13-/m0/s1. The quantitative estimate of drug-likeness (QED) is 0.852. The van der Waals surface area contributed by atoms with Crippen LogP contribution >= 0.6 is 0 Å². The van der Waals surface area contributed by atoms with Gasteiger partial charge in [0.2, 0.25) is 0 Å². The molecule has 20 heavy (non-hydrogen) atoms. The van der Waals surface area contributed by atoms with Gasteiger partial charge >= 0.3 is 0 Å². The summed E-state index contributed by atoms with van der Waals surface area (Å²) >= 11 is 0.